The highest BCUT2D eigenvalue weighted by Crippen LogP contribution is 2.11. The number of unbranched alkanes of at least 4 members (excludes halogenated alkanes) is 1. The second-order valence-electron chi connectivity index (χ2n) is 5.15. The molecule has 0 saturated heterocycles. The van der Waals surface area contributed by atoms with Crippen molar-refractivity contribution < 1.29 is 19.6 Å². The molecular formula is C15H25BN2O4. The van der Waals surface area contributed by atoms with Crippen LogP contribution in [0, 0.1) is 0 Å². The number of nitrogens with two attached hydrogens (primary N) is 1. The molecule has 0 amide bonds. The van der Waals surface area contributed by atoms with Gasteiger partial charge in [0.05, 0.1) is 0 Å². The standard InChI is InChI=1S/C14H25BN2O2.CO2/c1-12(13-7-3-2-4-8-13)17-11-14(16)9-5-6-10-15(18)19;2-1-3/h2-4,7-8,12,14,17-19H,5-6,9-11,16H2,1H3;/t12-,14?;/m0./s1. The van der Waals surface area contributed by atoms with Crippen LogP contribution >= 0.6 is 0 Å². The molecule has 0 aliphatic rings. The van der Waals surface area contributed by atoms with Gasteiger partial charge in [-0.25, -0.2) is 0 Å². The molecule has 1 aromatic carbocycles. The molecule has 22 heavy (non-hydrogen) atoms. The minimum atomic E-state index is -1.19. The van der Waals surface area contributed by atoms with E-state index in [0.717, 1.165) is 25.8 Å². The first-order valence-corrected chi connectivity index (χ1v) is 7.40. The lowest BCUT2D eigenvalue weighted by atomic mass is 9.83. The van der Waals surface area contributed by atoms with Gasteiger partial charge in [-0.05, 0) is 25.2 Å². The van der Waals surface area contributed by atoms with Crippen LogP contribution in [0.2, 0.25) is 6.32 Å². The topological polar surface area (TPSA) is 113 Å². The third-order valence-electron chi connectivity index (χ3n) is 3.27. The Labute approximate surface area is 131 Å². The van der Waals surface area contributed by atoms with Gasteiger partial charge in [0, 0.05) is 18.6 Å². The number of hydrogen-bond acceptors (Lipinski definition) is 6. The molecule has 0 heterocycles. The van der Waals surface area contributed by atoms with Gasteiger partial charge in [0.2, 0.25) is 0 Å². The maximum Gasteiger partial charge on any atom is 0.451 e. The van der Waals surface area contributed by atoms with Crippen LogP contribution in [0.15, 0.2) is 30.3 Å². The number of hydrogen-bond donors (Lipinski definition) is 4. The molecule has 0 fully saturated rings. The van der Waals surface area contributed by atoms with Crippen LogP contribution < -0.4 is 11.1 Å². The monoisotopic (exact) mass is 308 g/mol. The predicted octanol–water partition coefficient (Wildman–Crippen LogP) is 0.724. The van der Waals surface area contributed by atoms with Crippen molar-refractivity contribution in [3.05, 3.63) is 35.9 Å². The molecule has 7 heteroatoms. The van der Waals surface area contributed by atoms with Gasteiger partial charge >= 0.3 is 13.3 Å². The normalized spacial score (nSPS) is 12.5. The van der Waals surface area contributed by atoms with E-state index in [9.17, 15) is 0 Å². The molecule has 6 nitrogen and oxygen atoms in total. The van der Waals surface area contributed by atoms with Gasteiger partial charge in [-0.3, -0.25) is 0 Å². The number of nitrogens with one attached hydrogen (secondary N) is 1. The molecule has 2 atom stereocenters. The zero-order valence-corrected chi connectivity index (χ0v) is 12.9. The molecule has 0 aliphatic heterocycles. The summed E-state index contributed by atoms with van der Waals surface area (Å²) in [6.45, 7) is 2.90. The van der Waals surface area contributed by atoms with Crippen LogP contribution in [0.25, 0.3) is 0 Å². The Morgan fingerprint density at radius 3 is 2.36 bits per heavy atom. The van der Waals surface area contributed by atoms with Gasteiger partial charge < -0.3 is 21.1 Å². The lowest BCUT2D eigenvalue weighted by molar-refractivity contribution is -0.191. The maximum atomic E-state index is 8.73. The van der Waals surface area contributed by atoms with E-state index in [-0.39, 0.29) is 12.2 Å². The van der Waals surface area contributed by atoms with E-state index < -0.39 is 7.12 Å². The summed E-state index contributed by atoms with van der Waals surface area (Å²) in [6.07, 6.45) is 3.32. The summed E-state index contributed by atoms with van der Waals surface area (Å²) in [4.78, 5) is 16.2. The number of rotatable bonds is 9. The van der Waals surface area contributed by atoms with Gasteiger partial charge in [0.25, 0.3) is 0 Å². The fraction of sp³-hybridized carbons (Fsp3) is 0.533. The highest BCUT2D eigenvalue weighted by Gasteiger charge is 2.09. The van der Waals surface area contributed by atoms with Crippen molar-refractivity contribution >= 4 is 13.3 Å². The van der Waals surface area contributed by atoms with E-state index in [2.05, 4.69) is 24.4 Å². The lowest BCUT2D eigenvalue weighted by Crippen LogP contribution is -2.35. The molecule has 0 spiro atoms. The molecule has 0 aliphatic carbocycles. The highest BCUT2D eigenvalue weighted by molar-refractivity contribution is 6.40. The summed E-state index contributed by atoms with van der Waals surface area (Å²) in [5.74, 6) is 0. The second-order valence-corrected chi connectivity index (χ2v) is 5.15. The first-order chi connectivity index (χ1) is 10.5. The fourth-order valence-corrected chi connectivity index (χ4v) is 2.02. The predicted molar refractivity (Wildman–Crippen MR) is 84.7 cm³/mol. The van der Waals surface area contributed by atoms with Crippen LogP contribution in [-0.2, 0) is 9.59 Å². The van der Waals surface area contributed by atoms with Crippen molar-refractivity contribution in [2.24, 2.45) is 5.73 Å². The summed E-state index contributed by atoms with van der Waals surface area (Å²) in [6, 6.07) is 10.7. The molecule has 0 bridgehead atoms. The Morgan fingerprint density at radius 2 is 1.82 bits per heavy atom. The first-order valence-electron chi connectivity index (χ1n) is 7.40. The Kier molecular flexibility index (Phi) is 12.3. The van der Waals surface area contributed by atoms with Crippen molar-refractivity contribution in [1.82, 2.24) is 5.32 Å². The minimum Gasteiger partial charge on any atom is -0.427 e. The van der Waals surface area contributed by atoms with Crippen molar-refractivity contribution in [1.29, 1.82) is 0 Å². The maximum absolute atomic E-state index is 8.73. The second kappa shape index (κ2) is 13.2. The van der Waals surface area contributed by atoms with Crippen LogP contribution in [0.3, 0.4) is 0 Å². The number of carbonyl (C=O) groups excluding carboxylic acids is 2. The van der Waals surface area contributed by atoms with Crippen molar-refractivity contribution in [2.45, 2.75) is 44.6 Å². The third-order valence-corrected chi connectivity index (χ3v) is 3.27. The van der Waals surface area contributed by atoms with Crippen LogP contribution in [0.1, 0.15) is 37.8 Å². The van der Waals surface area contributed by atoms with Gasteiger partial charge in [-0.2, -0.15) is 9.59 Å². The average molecular weight is 308 g/mol. The Balaban J connectivity index is 0.00000135. The summed E-state index contributed by atoms with van der Waals surface area (Å²) in [5, 5.41) is 20.9. The zero-order valence-electron chi connectivity index (χ0n) is 12.9. The van der Waals surface area contributed by atoms with Crippen LogP contribution in [0.5, 0.6) is 0 Å². The van der Waals surface area contributed by atoms with Crippen molar-refractivity contribution in [2.75, 3.05) is 6.54 Å². The largest absolute Gasteiger partial charge is 0.451 e. The molecule has 0 radical (unpaired) electrons. The van der Waals surface area contributed by atoms with E-state index in [1.54, 1.807) is 0 Å². The summed E-state index contributed by atoms with van der Waals surface area (Å²) in [7, 11) is -1.19. The molecule has 1 rings (SSSR count). The highest BCUT2D eigenvalue weighted by atomic mass is 16.4. The Hall–Kier alpha value is -1.50. The van der Waals surface area contributed by atoms with Gasteiger partial charge in [0.15, 0.2) is 0 Å². The van der Waals surface area contributed by atoms with Gasteiger partial charge in [-0.1, -0.05) is 43.2 Å². The molecule has 122 valence electrons. The van der Waals surface area contributed by atoms with E-state index in [4.69, 9.17) is 25.4 Å². The van der Waals surface area contributed by atoms with Crippen LogP contribution in [-0.4, -0.2) is 35.9 Å². The lowest BCUT2D eigenvalue weighted by Gasteiger charge is -2.18. The molecule has 1 unspecified atom stereocenters. The molecular weight excluding hydrogens is 283 g/mol. The quantitative estimate of drug-likeness (QED) is 0.395. The van der Waals surface area contributed by atoms with E-state index in [0.29, 0.717) is 12.4 Å². The van der Waals surface area contributed by atoms with Crippen LogP contribution in [0.4, 0.5) is 0 Å². The van der Waals surface area contributed by atoms with Crippen molar-refractivity contribution in [3.8, 4) is 0 Å². The fourth-order valence-electron chi connectivity index (χ4n) is 2.02. The zero-order chi connectivity index (χ0) is 16.8. The Bertz CT molecular complexity index is 411. The summed E-state index contributed by atoms with van der Waals surface area (Å²) in [5.41, 5.74) is 7.29. The number of benzene rings is 1. The van der Waals surface area contributed by atoms with Gasteiger partial charge in [0.1, 0.15) is 0 Å². The van der Waals surface area contributed by atoms with E-state index in [1.165, 1.54) is 5.56 Å². The van der Waals surface area contributed by atoms with E-state index >= 15 is 0 Å². The summed E-state index contributed by atoms with van der Waals surface area (Å²) >= 11 is 0. The van der Waals surface area contributed by atoms with E-state index in [1.807, 2.05) is 18.2 Å². The minimum absolute atomic E-state index is 0.113. The molecule has 1 aromatic rings. The Morgan fingerprint density at radius 1 is 1.23 bits per heavy atom. The molecule has 0 saturated carbocycles. The first kappa shape index (κ1) is 20.5. The molecule has 5 N–H and O–H groups in total. The van der Waals surface area contributed by atoms with Gasteiger partial charge in [-0.15, -0.1) is 0 Å². The SMILES string of the molecule is C[C@H](NCC(N)CCCCB(O)O)c1ccccc1.O=C=O. The average Bonchev–Trinajstić information content (AvgIpc) is 2.50. The third kappa shape index (κ3) is 11.2. The molecule has 0 aromatic heterocycles. The van der Waals surface area contributed by atoms with Crippen molar-refractivity contribution in [3.63, 3.8) is 0 Å². The summed E-state index contributed by atoms with van der Waals surface area (Å²) < 4.78 is 0. The smallest absolute Gasteiger partial charge is 0.427 e.